The van der Waals surface area contributed by atoms with Crippen LogP contribution in [0.4, 0.5) is 11.4 Å². The first-order valence-corrected chi connectivity index (χ1v) is 9.40. The summed E-state index contributed by atoms with van der Waals surface area (Å²) in [7, 11) is -3.52. The van der Waals surface area contributed by atoms with Gasteiger partial charge in [0.2, 0.25) is 10.0 Å². The van der Waals surface area contributed by atoms with E-state index in [1.165, 1.54) is 16.4 Å². The molecular formula is C17H19N3O4S. The molecule has 1 atom stereocenters. The SMILES string of the molecule is CC1CN(c2ccc([N+](=O)[O-])cc2)CCN1S(=O)(=O)c1ccccc1. The molecule has 7 nitrogen and oxygen atoms in total. The van der Waals surface area contributed by atoms with Crippen LogP contribution in [0.2, 0.25) is 0 Å². The maximum Gasteiger partial charge on any atom is 0.269 e. The van der Waals surface area contributed by atoms with Gasteiger partial charge in [0.05, 0.1) is 9.82 Å². The number of non-ortho nitro benzene ring substituents is 1. The van der Waals surface area contributed by atoms with E-state index >= 15 is 0 Å². The zero-order valence-electron chi connectivity index (χ0n) is 13.8. The third-order valence-corrected chi connectivity index (χ3v) is 6.37. The summed E-state index contributed by atoms with van der Waals surface area (Å²) in [5.74, 6) is 0. The first kappa shape index (κ1) is 17.4. The highest BCUT2D eigenvalue weighted by molar-refractivity contribution is 7.89. The van der Waals surface area contributed by atoms with Crippen molar-refractivity contribution in [3.05, 3.63) is 64.7 Å². The van der Waals surface area contributed by atoms with E-state index in [1.54, 1.807) is 42.5 Å². The van der Waals surface area contributed by atoms with Crippen molar-refractivity contribution in [1.29, 1.82) is 0 Å². The Kier molecular flexibility index (Phi) is 4.73. The summed E-state index contributed by atoms with van der Waals surface area (Å²) in [6, 6.07) is 14.5. The molecule has 2 aromatic carbocycles. The van der Waals surface area contributed by atoms with Crippen LogP contribution in [-0.4, -0.2) is 43.3 Å². The molecule has 1 aliphatic rings. The minimum atomic E-state index is -3.52. The molecule has 1 unspecified atom stereocenters. The highest BCUT2D eigenvalue weighted by Gasteiger charge is 2.33. The summed E-state index contributed by atoms with van der Waals surface area (Å²) >= 11 is 0. The van der Waals surface area contributed by atoms with E-state index in [0.29, 0.717) is 24.5 Å². The van der Waals surface area contributed by atoms with E-state index in [2.05, 4.69) is 0 Å². The molecule has 1 saturated heterocycles. The molecule has 1 fully saturated rings. The molecule has 132 valence electrons. The predicted molar refractivity (Wildman–Crippen MR) is 95.1 cm³/mol. The van der Waals surface area contributed by atoms with Crippen LogP contribution in [0.3, 0.4) is 0 Å². The number of benzene rings is 2. The maximum atomic E-state index is 12.8. The van der Waals surface area contributed by atoms with Crippen molar-refractivity contribution >= 4 is 21.4 Å². The molecule has 0 radical (unpaired) electrons. The highest BCUT2D eigenvalue weighted by atomic mass is 32.2. The van der Waals surface area contributed by atoms with E-state index in [4.69, 9.17) is 0 Å². The lowest BCUT2D eigenvalue weighted by Crippen LogP contribution is -2.53. The third-order valence-electron chi connectivity index (χ3n) is 4.34. The lowest BCUT2D eigenvalue weighted by atomic mass is 10.2. The number of sulfonamides is 1. The zero-order valence-corrected chi connectivity index (χ0v) is 14.6. The van der Waals surface area contributed by atoms with Crippen molar-refractivity contribution in [2.24, 2.45) is 0 Å². The fourth-order valence-electron chi connectivity index (χ4n) is 3.05. The lowest BCUT2D eigenvalue weighted by molar-refractivity contribution is -0.384. The summed E-state index contributed by atoms with van der Waals surface area (Å²) in [5.41, 5.74) is 0.899. The molecule has 0 saturated carbocycles. The first-order valence-electron chi connectivity index (χ1n) is 7.96. The van der Waals surface area contributed by atoms with Gasteiger partial charge in [-0.25, -0.2) is 8.42 Å². The van der Waals surface area contributed by atoms with Crippen molar-refractivity contribution in [2.45, 2.75) is 17.9 Å². The molecule has 8 heteroatoms. The first-order chi connectivity index (χ1) is 11.9. The van der Waals surface area contributed by atoms with Gasteiger partial charge in [0, 0.05) is 43.5 Å². The average Bonchev–Trinajstić information content (AvgIpc) is 2.62. The maximum absolute atomic E-state index is 12.8. The third kappa shape index (κ3) is 3.49. The van der Waals surface area contributed by atoms with Gasteiger partial charge in [-0.3, -0.25) is 10.1 Å². The van der Waals surface area contributed by atoms with Crippen LogP contribution in [-0.2, 0) is 10.0 Å². The molecule has 0 amide bonds. The number of nitro benzene ring substituents is 1. The minimum absolute atomic E-state index is 0.0436. The Morgan fingerprint density at radius 2 is 1.68 bits per heavy atom. The van der Waals surface area contributed by atoms with Crippen LogP contribution in [0, 0.1) is 10.1 Å². The van der Waals surface area contributed by atoms with Gasteiger partial charge >= 0.3 is 0 Å². The largest absolute Gasteiger partial charge is 0.369 e. The van der Waals surface area contributed by atoms with E-state index in [-0.39, 0.29) is 11.7 Å². The molecule has 1 heterocycles. The van der Waals surface area contributed by atoms with Crippen LogP contribution in [0.1, 0.15) is 6.92 Å². The Morgan fingerprint density at radius 3 is 2.24 bits per heavy atom. The molecule has 0 aliphatic carbocycles. The number of anilines is 1. The van der Waals surface area contributed by atoms with Crippen molar-refractivity contribution in [3.63, 3.8) is 0 Å². The fourth-order valence-corrected chi connectivity index (χ4v) is 4.68. The minimum Gasteiger partial charge on any atom is -0.369 e. The van der Waals surface area contributed by atoms with Gasteiger partial charge in [-0.05, 0) is 31.2 Å². The normalized spacial score (nSPS) is 18.9. The van der Waals surface area contributed by atoms with Gasteiger partial charge in [-0.2, -0.15) is 4.31 Å². The predicted octanol–water partition coefficient (Wildman–Crippen LogP) is 2.49. The molecule has 0 bridgehead atoms. The second-order valence-corrected chi connectivity index (χ2v) is 7.89. The molecule has 1 aliphatic heterocycles. The lowest BCUT2D eigenvalue weighted by Gasteiger charge is -2.40. The molecule has 0 aromatic heterocycles. The number of hydrogen-bond acceptors (Lipinski definition) is 5. The van der Waals surface area contributed by atoms with Gasteiger partial charge < -0.3 is 4.90 Å². The van der Waals surface area contributed by atoms with E-state index in [0.717, 1.165) is 5.69 Å². The van der Waals surface area contributed by atoms with Crippen LogP contribution in [0.5, 0.6) is 0 Å². The molecule has 0 N–H and O–H groups in total. The van der Waals surface area contributed by atoms with Gasteiger partial charge in [-0.1, -0.05) is 18.2 Å². The topological polar surface area (TPSA) is 83.8 Å². The number of piperazine rings is 1. The highest BCUT2D eigenvalue weighted by Crippen LogP contribution is 2.25. The van der Waals surface area contributed by atoms with Crippen LogP contribution < -0.4 is 4.90 Å². The molecule has 0 spiro atoms. The van der Waals surface area contributed by atoms with Gasteiger partial charge in [-0.15, -0.1) is 0 Å². The average molecular weight is 361 g/mol. The Balaban J connectivity index is 1.75. The summed E-state index contributed by atoms with van der Waals surface area (Å²) in [6.45, 7) is 3.31. The number of nitrogens with zero attached hydrogens (tertiary/aromatic N) is 3. The van der Waals surface area contributed by atoms with Crippen molar-refractivity contribution < 1.29 is 13.3 Å². The van der Waals surface area contributed by atoms with Gasteiger partial charge in [0.25, 0.3) is 5.69 Å². The summed E-state index contributed by atoms with van der Waals surface area (Å²) in [6.07, 6.45) is 0. The Labute approximate surface area is 146 Å². The van der Waals surface area contributed by atoms with Crippen LogP contribution >= 0.6 is 0 Å². The molecular weight excluding hydrogens is 342 g/mol. The molecule has 3 rings (SSSR count). The summed E-state index contributed by atoms with van der Waals surface area (Å²) in [5, 5.41) is 10.7. The van der Waals surface area contributed by atoms with Crippen LogP contribution in [0.15, 0.2) is 59.5 Å². The van der Waals surface area contributed by atoms with Crippen molar-refractivity contribution in [1.82, 2.24) is 4.31 Å². The van der Waals surface area contributed by atoms with E-state index in [1.807, 2.05) is 11.8 Å². The fraction of sp³-hybridized carbons (Fsp3) is 0.294. The zero-order chi connectivity index (χ0) is 18.0. The van der Waals surface area contributed by atoms with E-state index in [9.17, 15) is 18.5 Å². The number of nitro groups is 1. The van der Waals surface area contributed by atoms with Crippen molar-refractivity contribution in [2.75, 3.05) is 24.5 Å². The van der Waals surface area contributed by atoms with Crippen molar-refractivity contribution in [3.8, 4) is 0 Å². The number of rotatable bonds is 4. The standard InChI is InChI=1S/C17H19N3O4S/c1-14-13-18(15-7-9-16(10-8-15)20(21)22)11-12-19(14)25(23,24)17-5-3-2-4-6-17/h2-10,14H,11-13H2,1H3. The molecule has 2 aromatic rings. The Morgan fingerprint density at radius 1 is 1.04 bits per heavy atom. The monoisotopic (exact) mass is 361 g/mol. The smallest absolute Gasteiger partial charge is 0.269 e. The van der Waals surface area contributed by atoms with Crippen LogP contribution in [0.25, 0.3) is 0 Å². The van der Waals surface area contributed by atoms with Gasteiger partial charge in [0.15, 0.2) is 0 Å². The Hall–Kier alpha value is -2.45. The second-order valence-electron chi connectivity index (χ2n) is 6.00. The number of hydrogen-bond donors (Lipinski definition) is 0. The van der Waals surface area contributed by atoms with E-state index < -0.39 is 14.9 Å². The van der Waals surface area contributed by atoms with Gasteiger partial charge in [0.1, 0.15) is 0 Å². The molecule has 25 heavy (non-hydrogen) atoms. The summed E-state index contributed by atoms with van der Waals surface area (Å²) < 4.78 is 27.1. The second kappa shape index (κ2) is 6.81. The Bertz CT molecular complexity index is 853. The summed E-state index contributed by atoms with van der Waals surface area (Å²) in [4.78, 5) is 12.7. The quantitative estimate of drug-likeness (QED) is 0.617.